The van der Waals surface area contributed by atoms with E-state index in [-0.39, 0.29) is 17.6 Å². The number of rotatable bonds is 8. The molecule has 0 unspecified atom stereocenters. The Kier molecular flexibility index (Phi) is 6.99. The fourth-order valence-corrected chi connectivity index (χ4v) is 6.67. The number of hydrogen-bond acceptors (Lipinski definition) is 5. The van der Waals surface area contributed by atoms with Gasteiger partial charge in [0.05, 0.1) is 22.4 Å². The first kappa shape index (κ1) is 23.7. The molecular formula is C26H26FN3O3S2. The zero-order valence-corrected chi connectivity index (χ0v) is 21.0. The van der Waals surface area contributed by atoms with Crippen molar-refractivity contribution in [2.24, 2.45) is 0 Å². The maximum atomic E-state index is 13.8. The summed E-state index contributed by atoms with van der Waals surface area (Å²) in [6, 6.07) is 10.2. The molecule has 9 heteroatoms. The normalized spacial score (nSPS) is 13.1. The largest absolute Gasteiger partial charge is 0.383 e. The molecule has 0 radical (unpaired) electrons. The number of halogens is 1. The lowest BCUT2D eigenvalue weighted by Gasteiger charge is -2.14. The first-order valence-electron chi connectivity index (χ1n) is 11.6. The van der Waals surface area contributed by atoms with Gasteiger partial charge in [-0.05, 0) is 66.5 Å². The SMILES string of the molecule is COCCNC(=O)c1c(NC(=O)c2cc3sccc3n2Cc2cccc(F)c2)sc2c1CCCC2. The lowest BCUT2D eigenvalue weighted by molar-refractivity contribution is 0.0937. The van der Waals surface area contributed by atoms with Crippen molar-refractivity contribution < 1.29 is 18.7 Å². The number of nitrogens with one attached hydrogen (secondary N) is 2. The summed E-state index contributed by atoms with van der Waals surface area (Å²) in [7, 11) is 1.59. The minimum Gasteiger partial charge on any atom is -0.383 e. The highest BCUT2D eigenvalue weighted by Crippen LogP contribution is 2.38. The van der Waals surface area contributed by atoms with E-state index < -0.39 is 0 Å². The Bertz CT molecular complexity index is 1390. The quantitative estimate of drug-likeness (QED) is 0.309. The number of nitrogens with zero attached hydrogens (tertiary/aromatic N) is 1. The number of fused-ring (bicyclic) bond motifs is 2. The number of anilines is 1. The number of ether oxygens (including phenoxy) is 1. The maximum Gasteiger partial charge on any atom is 0.272 e. The number of thiophene rings is 2. The van der Waals surface area contributed by atoms with E-state index in [2.05, 4.69) is 10.6 Å². The number of aromatic nitrogens is 1. The molecule has 0 saturated heterocycles. The maximum absolute atomic E-state index is 13.8. The molecule has 182 valence electrons. The average Bonchev–Trinajstić information content (AvgIpc) is 3.53. The number of carbonyl (C=O) groups is 2. The third-order valence-corrected chi connectivity index (χ3v) is 8.26. The van der Waals surface area contributed by atoms with Gasteiger partial charge in [0.25, 0.3) is 11.8 Å². The molecule has 4 aromatic rings. The number of aryl methyl sites for hydroxylation is 1. The summed E-state index contributed by atoms with van der Waals surface area (Å²) in [6.07, 6.45) is 3.86. The molecule has 0 spiro atoms. The Morgan fingerprint density at radius 3 is 2.83 bits per heavy atom. The van der Waals surface area contributed by atoms with E-state index >= 15 is 0 Å². The molecule has 3 heterocycles. The molecule has 0 fully saturated rings. The topological polar surface area (TPSA) is 72.4 Å². The molecule has 0 atom stereocenters. The number of hydrogen-bond donors (Lipinski definition) is 2. The van der Waals surface area contributed by atoms with Gasteiger partial charge in [0.1, 0.15) is 16.5 Å². The van der Waals surface area contributed by atoms with Crippen molar-refractivity contribution in [1.82, 2.24) is 9.88 Å². The lowest BCUT2D eigenvalue weighted by Crippen LogP contribution is -2.29. The minimum absolute atomic E-state index is 0.187. The highest BCUT2D eigenvalue weighted by molar-refractivity contribution is 7.17. The highest BCUT2D eigenvalue weighted by Gasteiger charge is 2.27. The molecule has 2 N–H and O–H groups in total. The Labute approximate surface area is 210 Å². The van der Waals surface area contributed by atoms with Gasteiger partial charge < -0.3 is 19.9 Å². The molecule has 0 saturated carbocycles. The van der Waals surface area contributed by atoms with E-state index in [9.17, 15) is 14.0 Å². The van der Waals surface area contributed by atoms with Gasteiger partial charge >= 0.3 is 0 Å². The van der Waals surface area contributed by atoms with E-state index in [1.807, 2.05) is 28.1 Å². The Morgan fingerprint density at radius 1 is 1.14 bits per heavy atom. The van der Waals surface area contributed by atoms with Gasteiger partial charge in [-0.25, -0.2) is 4.39 Å². The second-order valence-electron chi connectivity index (χ2n) is 8.53. The van der Waals surface area contributed by atoms with E-state index in [1.165, 1.54) is 28.3 Å². The van der Waals surface area contributed by atoms with Crippen LogP contribution in [0.4, 0.5) is 9.39 Å². The Morgan fingerprint density at radius 2 is 2.00 bits per heavy atom. The summed E-state index contributed by atoms with van der Waals surface area (Å²) < 4.78 is 21.8. The fraction of sp³-hybridized carbons (Fsp3) is 0.308. The summed E-state index contributed by atoms with van der Waals surface area (Å²) >= 11 is 3.05. The average molecular weight is 512 g/mol. The molecule has 2 amide bonds. The van der Waals surface area contributed by atoms with Crippen molar-refractivity contribution in [3.05, 3.63) is 74.9 Å². The van der Waals surface area contributed by atoms with E-state index in [1.54, 1.807) is 24.5 Å². The standard InChI is InChI=1S/C26H26FN3O3S2/c1-33-11-10-28-25(32)23-18-7-2-3-8-21(18)35-26(23)29-24(31)20-14-22-19(9-12-34-22)30(20)15-16-5-4-6-17(27)13-16/h4-6,9,12-14H,2-3,7-8,10-11,15H2,1H3,(H,28,32)(H,29,31). The molecule has 5 rings (SSSR count). The monoisotopic (exact) mass is 511 g/mol. The van der Waals surface area contributed by atoms with Crippen LogP contribution in [-0.2, 0) is 24.1 Å². The van der Waals surface area contributed by atoms with Gasteiger partial charge in [-0.3, -0.25) is 9.59 Å². The third kappa shape index (κ3) is 4.89. The summed E-state index contributed by atoms with van der Waals surface area (Å²) in [5.41, 5.74) is 3.79. The van der Waals surface area contributed by atoms with E-state index in [0.29, 0.717) is 36.0 Å². The number of benzene rings is 1. The summed E-state index contributed by atoms with van der Waals surface area (Å²) in [4.78, 5) is 27.8. The molecule has 1 aliphatic carbocycles. The fourth-order valence-electron chi connectivity index (χ4n) is 4.57. The van der Waals surface area contributed by atoms with Crippen LogP contribution in [0.3, 0.4) is 0 Å². The van der Waals surface area contributed by atoms with E-state index in [0.717, 1.165) is 47.0 Å². The lowest BCUT2D eigenvalue weighted by atomic mass is 9.95. The predicted octanol–water partition coefficient (Wildman–Crippen LogP) is 5.46. The second kappa shape index (κ2) is 10.3. The molecule has 1 aliphatic rings. The van der Waals surface area contributed by atoms with Crippen LogP contribution >= 0.6 is 22.7 Å². The van der Waals surface area contributed by atoms with Crippen molar-refractivity contribution in [2.45, 2.75) is 32.2 Å². The van der Waals surface area contributed by atoms with Gasteiger partial charge in [0, 0.05) is 25.1 Å². The molecule has 6 nitrogen and oxygen atoms in total. The van der Waals surface area contributed by atoms with Crippen LogP contribution in [0.2, 0.25) is 0 Å². The van der Waals surface area contributed by atoms with Crippen LogP contribution in [-0.4, -0.2) is 36.6 Å². The zero-order valence-electron chi connectivity index (χ0n) is 19.4. The van der Waals surface area contributed by atoms with Gasteiger partial charge in [-0.1, -0.05) is 12.1 Å². The van der Waals surface area contributed by atoms with E-state index in [4.69, 9.17) is 4.74 Å². The van der Waals surface area contributed by atoms with Crippen LogP contribution in [0, 0.1) is 5.82 Å². The van der Waals surface area contributed by atoms with Crippen molar-refractivity contribution in [1.29, 1.82) is 0 Å². The van der Waals surface area contributed by atoms with Crippen LogP contribution < -0.4 is 10.6 Å². The van der Waals surface area contributed by atoms with Crippen LogP contribution in [0.1, 0.15) is 49.7 Å². The minimum atomic E-state index is -0.310. The number of amides is 2. The van der Waals surface area contributed by atoms with Gasteiger partial charge in [-0.15, -0.1) is 22.7 Å². The van der Waals surface area contributed by atoms with Crippen molar-refractivity contribution >= 4 is 49.7 Å². The second-order valence-corrected chi connectivity index (χ2v) is 10.6. The Hall–Kier alpha value is -3.01. The predicted molar refractivity (Wildman–Crippen MR) is 138 cm³/mol. The van der Waals surface area contributed by atoms with Crippen molar-refractivity contribution in [3.8, 4) is 0 Å². The van der Waals surface area contributed by atoms with Crippen LogP contribution in [0.25, 0.3) is 10.2 Å². The third-order valence-electron chi connectivity index (χ3n) is 6.20. The van der Waals surface area contributed by atoms with Crippen molar-refractivity contribution in [3.63, 3.8) is 0 Å². The molecule has 3 aromatic heterocycles. The zero-order chi connectivity index (χ0) is 24.4. The summed E-state index contributed by atoms with van der Waals surface area (Å²) in [6.45, 7) is 1.19. The summed E-state index contributed by atoms with van der Waals surface area (Å²) in [5, 5.41) is 8.51. The van der Waals surface area contributed by atoms with Gasteiger partial charge in [0.2, 0.25) is 0 Å². The molecule has 0 aliphatic heterocycles. The number of carbonyl (C=O) groups excluding carboxylic acids is 2. The van der Waals surface area contributed by atoms with Crippen molar-refractivity contribution in [2.75, 3.05) is 25.6 Å². The van der Waals surface area contributed by atoms with Gasteiger partial charge in [-0.2, -0.15) is 0 Å². The van der Waals surface area contributed by atoms with Crippen LogP contribution in [0.5, 0.6) is 0 Å². The number of methoxy groups -OCH3 is 1. The Balaban J connectivity index is 1.47. The first-order valence-corrected chi connectivity index (χ1v) is 13.3. The van der Waals surface area contributed by atoms with Gasteiger partial charge in [0.15, 0.2) is 0 Å². The molecule has 35 heavy (non-hydrogen) atoms. The smallest absolute Gasteiger partial charge is 0.272 e. The van der Waals surface area contributed by atoms with Crippen LogP contribution in [0.15, 0.2) is 41.8 Å². The molecule has 1 aromatic carbocycles. The first-order chi connectivity index (χ1) is 17.0. The molecule has 0 bridgehead atoms. The highest BCUT2D eigenvalue weighted by atomic mass is 32.1. The summed E-state index contributed by atoms with van der Waals surface area (Å²) in [5.74, 6) is -0.780. The molecular weight excluding hydrogens is 485 g/mol.